The van der Waals surface area contributed by atoms with Gasteiger partial charge in [0.2, 0.25) is 0 Å². The monoisotopic (exact) mass is 415 g/mol. The van der Waals surface area contributed by atoms with Gasteiger partial charge in [0.25, 0.3) is 5.91 Å². The van der Waals surface area contributed by atoms with E-state index >= 15 is 0 Å². The Morgan fingerprint density at radius 1 is 0.833 bits per heavy atom. The Kier molecular flexibility index (Phi) is 8.68. The van der Waals surface area contributed by atoms with Crippen molar-refractivity contribution in [3.8, 4) is 11.5 Å². The number of hydrogen-bond acceptors (Lipinski definition) is 7. The van der Waals surface area contributed by atoms with E-state index in [0.717, 1.165) is 12.8 Å². The van der Waals surface area contributed by atoms with Gasteiger partial charge in [-0.25, -0.2) is 9.59 Å². The van der Waals surface area contributed by atoms with Gasteiger partial charge in [-0.1, -0.05) is 13.3 Å². The number of unbranched alkanes of at least 4 members (excludes halogenated alkanes) is 1. The molecule has 0 atom stereocenters. The highest BCUT2D eigenvalue weighted by Crippen LogP contribution is 2.27. The summed E-state index contributed by atoms with van der Waals surface area (Å²) in [4.78, 5) is 36.1. The Balaban J connectivity index is 1.85. The number of ether oxygens (including phenoxy) is 4. The van der Waals surface area contributed by atoms with Gasteiger partial charge in [0.15, 0.2) is 18.1 Å². The van der Waals surface area contributed by atoms with E-state index in [9.17, 15) is 14.4 Å². The Bertz CT molecular complexity index is 878. The molecular weight excluding hydrogens is 390 g/mol. The summed E-state index contributed by atoms with van der Waals surface area (Å²) in [6, 6.07) is 10.8. The summed E-state index contributed by atoms with van der Waals surface area (Å²) in [5.41, 5.74) is 1.09. The van der Waals surface area contributed by atoms with Crippen molar-refractivity contribution in [2.24, 2.45) is 0 Å². The van der Waals surface area contributed by atoms with Crippen molar-refractivity contribution < 1.29 is 33.3 Å². The maximum atomic E-state index is 12.1. The number of benzene rings is 2. The molecule has 8 heteroatoms. The molecule has 0 fully saturated rings. The van der Waals surface area contributed by atoms with Crippen LogP contribution in [-0.2, 0) is 14.3 Å². The molecule has 1 amide bonds. The lowest BCUT2D eigenvalue weighted by Gasteiger charge is -2.10. The normalized spacial score (nSPS) is 10.1. The molecule has 30 heavy (non-hydrogen) atoms. The van der Waals surface area contributed by atoms with Gasteiger partial charge in [0, 0.05) is 5.69 Å². The lowest BCUT2D eigenvalue weighted by atomic mass is 10.2. The van der Waals surface area contributed by atoms with Crippen LogP contribution in [0.1, 0.15) is 40.5 Å². The minimum Gasteiger partial charge on any atom is -0.493 e. The lowest BCUT2D eigenvalue weighted by molar-refractivity contribution is -0.119. The molecule has 160 valence electrons. The van der Waals surface area contributed by atoms with E-state index in [0.29, 0.717) is 29.4 Å². The number of methoxy groups -OCH3 is 2. The van der Waals surface area contributed by atoms with E-state index in [1.54, 1.807) is 30.3 Å². The molecule has 0 aliphatic rings. The summed E-state index contributed by atoms with van der Waals surface area (Å²) in [7, 11) is 2.94. The zero-order chi connectivity index (χ0) is 21.9. The van der Waals surface area contributed by atoms with E-state index in [-0.39, 0.29) is 5.56 Å². The van der Waals surface area contributed by atoms with Gasteiger partial charge in [-0.2, -0.15) is 0 Å². The third-order valence-corrected chi connectivity index (χ3v) is 4.09. The SMILES string of the molecule is CCCCOC(=O)c1ccc(NC(=O)COC(=O)c2ccc(OC)c(OC)c2)cc1. The fourth-order valence-electron chi connectivity index (χ4n) is 2.46. The first-order valence-corrected chi connectivity index (χ1v) is 9.44. The number of nitrogens with one attached hydrogen (secondary N) is 1. The zero-order valence-electron chi connectivity index (χ0n) is 17.2. The molecule has 0 saturated carbocycles. The maximum Gasteiger partial charge on any atom is 0.338 e. The summed E-state index contributed by atoms with van der Waals surface area (Å²) in [6.07, 6.45) is 1.75. The van der Waals surface area contributed by atoms with Crippen LogP contribution in [0, 0.1) is 0 Å². The fraction of sp³-hybridized carbons (Fsp3) is 0.318. The molecule has 0 bridgehead atoms. The van der Waals surface area contributed by atoms with Crippen LogP contribution in [0.3, 0.4) is 0 Å². The Labute approximate surface area is 175 Å². The molecule has 0 unspecified atom stereocenters. The fourth-order valence-corrected chi connectivity index (χ4v) is 2.46. The largest absolute Gasteiger partial charge is 0.493 e. The topological polar surface area (TPSA) is 100 Å². The molecule has 2 rings (SSSR count). The summed E-state index contributed by atoms with van der Waals surface area (Å²) in [6.45, 7) is 1.92. The van der Waals surface area contributed by atoms with E-state index in [1.807, 2.05) is 6.92 Å². The quantitative estimate of drug-likeness (QED) is 0.468. The molecule has 1 N–H and O–H groups in total. The van der Waals surface area contributed by atoms with Crippen molar-refractivity contribution in [1.82, 2.24) is 0 Å². The van der Waals surface area contributed by atoms with Crippen molar-refractivity contribution in [2.45, 2.75) is 19.8 Å². The molecular formula is C22H25NO7. The van der Waals surface area contributed by atoms with Gasteiger partial charge in [-0.05, 0) is 48.9 Å². The van der Waals surface area contributed by atoms with Crippen molar-refractivity contribution in [2.75, 3.05) is 32.8 Å². The minimum absolute atomic E-state index is 0.228. The third kappa shape index (κ3) is 6.51. The number of carbonyl (C=O) groups excluding carboxylic acids is 3. The molecule has 0 aliphatic carbocycles. The van der Waals surface area contributed by atoms with Crippen molar-refractivity contribution >= 4 is 23.5 Å². The van der Waals surface area contributed by atoms with Crippen LogP contribution < -0.4 is 14.8 Å². The van der Waals surface area contributed by atoms with Crippen LogP contribution in [0.4, 0.5) is 5.69 Å². The lowest BCUT2D eigenvalue weighted by Crippen LogP contribution is -2.21. The zero-order valence-corrected chi connectivity index (χ0v) is 17.2. The highest BCUT2D eigenvalue weighted by atomic mass is 16.5. The minimum atomic E-state index is -0.670. The van der Waals surface area contributed by atoms with Gasteiger partial charge in [0.1, 0.15) is 0 Å². The molecule has 2 aromatic carbocycles. The second-order valence-electron chi connectivity index (χ2n) is 6.26. The number of hydrogen-bond donors (Lipinski definition) is 1. The molecule has 0 aromatic heterocycles. The first kappa shape index (κ1) is 22.7. The summed E-state index contributed by atoms with van der Waals surface area (Å²) in [5.74, 6) is -0.738. The highest BCUT2D eigenvalue weighted by Gasteiger charge is 2.14. The van der Waals surface area contributed by atoms with Crippen LogP contribution in [0.25, 0.3) is 0 Å². The Hall–Kier alpha value is -3.55. The number of amides is 1. The highest BCUT2D eigenvalue weighted by molar-refractivity contribution is 5.96. The Morgan fingerprint density at radius 2 is 1.47 bits per heavy atom. The van der Waals surface area contributed by atoms with Gasteiger partial charge in [0.05, 0.1) is 32.0 Å². The van der Waals surface area contributed by atoms with E-state index in [1.165, 1.54) is 26.4 Å². The van der Waals surface area contributed by atoms with Gasteiger partial charge < -0.3 is 24.3 Å². The Morgan fingerprint density at radius 3 is 2.10 bits per heavy atom. The van der Waals surface area contributed by atoms with Crippen LogP contribution in [0.2, 0.25) is 0 Å². The third-order valence-electron chi connectivity index (χ3n) is 4.09. The molecule has 8 nitrogen and oxygen atoms in total. The molecule has 0 heterocycles. The van der Waals surface area contributed by atoms with Crippen LogP contribution in [0.5, 0.6) is 11.5 Å². The molecule has 0 aliphatic heterocycles. The van der Waals surface area contributed by atoms with Crippen LogP contribution >= 0.6 is 0 Å². The molecule has 0 saturated heterocycles. The van der Waals surface area contributed by atoms with Gasteiger partial charge in [-0.15, -0.1) is 0 Å². The van der Waals surface area contributed by atoms with E-state index < -0.39 is 24.5 Å². The summed E-state index contributed by atoms with van der Waals surface area (Å²) < 4.78 is 20.4. The van der Waals surface area contributed by atoms with E-state index in [4.69, 9.17) is 18.9 Å². The summed E-state index contributed by atoms with van der Waals surface area (Å²) in [5, 5.41) is 2.60. The predicted octanol–water partition coefficient (Wildman–Crippen LogP) is 3.46. The van der Waals surface area contributed by atoms with Crippen LogP contribution in [0.15, 0.2) is 42.5 Å². The molecule has 0 spiro atoms. The second-order valence-corrected chi connectivity index (χ2v) is 6.26. The predicted molar refractivity (Wildman–Crippen MR) is 110 cm³/mol. The van der Waals surface area contributed by atoms with Crippen molar-refractivity contribution in [3.05, 3.63) is 53.6 Å². The maximum absolute atomic E-state index is 12.1. The molecule has 2 aromatic rings. The number of anilines is 1. The van der Waals surface area contributed by atoms with Gasteiger partial charge in [-0.3, -0.25) is 4.79 Å². The van der Waals surface area contributed by atoms with Crippen molar-refractivity contribution in [1.29, 1.82) is 0 Å². The van der Waals surface area contributed by atoms with Crippen molar-refractivity contribution in [3.63, 3.8) is 0 Å². The smallest absolute Gasteiger partial charge is 0.338 e. The molecule has 0 radical (unpaired) electrons. The first-order chi connectivity index (χ1) is 14.5. The standard InChI is InChI=1S/C22H25NO7/c1-4-5-12-29-21(25)15-6-9-17(10-7-15)23-20(24)14-30-22(26)16-8-11-18(27-2)19(13-16)28-3/h6-11,13H,4-5,12,14H2,1-3H3,(H,23,24). The second kappa shape index (κ2) is 11.5. The summed E-state index contributed by atoms with van der Waals surface area (Å²) >= 11 is 0. The average Bonchev–Trinajstić information content (AvgIpc) is 2.77. The number of rotatable bonds is 10. The number of esters is 2. The van der Waals surface area contributed by atoms with E-state index in [2.05, 4.69) is 5.32 Å². The average molecular weight is 415 g/mol. The first-order valence-electron chi connectivity index (χ1n) is 9.44. The van der Waals surface area contributed by atoms with Crippen LogP contribution in [-0.4, -0.2) is 45.3 Å². The number of carbonyl (C=O) groups is 3. The van der Waals surface area contributed by atoms with Gasteiger partial charge >= 0.3 is 11.9 Å².